The Bertz CT molecular complexity index is 578. The Hall–Kier alpha value is -1.13. The Morgan fingerprint density at radius 3 is 2.94 bits per heavy atom. The molecular formula is C13H10BrNOS. The second-order valence-corrected chi connectivity index (χ2v) is 5.62. The van der Waals surface area contributed by atoms with Crippen molar-refractivity contribution >= 4 is 38.7 Å². The first kappa shape index (κ1) is 11.0. The first-order valence-electron chi connectivity index (χ1n) is 5.36. The summed E-state index contributed by atoms with van der Waals surface area (Å²) in [5.41, 5.74) is 2.98. The van der Waals surface area contributed by atoms with Crippen molar-refractivity contribution in [1.29, 1.82) is 0 Å². The fourth-order valence-electron chi connectivity index (χ4n) is 2.16. The topological polar surface area (TPSA) is 29.1 Å². The molecule has 0 bridgehead atoms. The third kappa shape index (κ3) is 1.81. The third-order valence-electron chi connectivity index (χ3n) is 3.03. The largest absolute Gasteiger partial charge is 0.384 e. The molecule has 3 rings (SSSR count). The third-order valence-corrected chi connectivity index (χ3v) is 4.73. The van der Waals surface area contributed by atoms with Gasteiger partial charge in [0.25, 0.3) is 0 Å². The van der Waals surface area contributed by atoms with Crippen LogP contribution in [0.4, 0.5) is 5.69 Å². The van der Waals surface area contributed by atoms with Crippen LogP contribution in [0.25, 0.3) is 0 Å². The van der Waals surface area contributed by atoms with Crippen LogP contribution < -0.4 is 5.32 Å². The number of ketones is 1. The maximum Gasteiger partial charge on any atom is 0.174 e. The van der Waals surface area contributed by atoms with Crippen LogP contribution in [-0.4, -0.2) is 12.3 Å². The molecule has 1 aliphatic rings. The van der Waals surface area contributed by atoms with E-state index in [4.69, 9.17) is 0 Å². The molecule has 4 heteroatoms. The number of nitrogens with one attached hydrogen (secondary N) is 1. The first-order valence-corrected chi connectivity index (χ1v) is 7.09. The molecule has 0 amide bonds. The lowest BCUT2D eigenvalue weighted by molar-refractivity contribution is 0.0966. The number of para-hydroxylation sites is 1. The predicted molar refractivity (Wildman–Crippen MR) is 74.0 cm³/mol. The molecule has 17 heavy (non-hydrogen) atoms. The van der Waals surface area contributed by atoms with Crippen molar-refractivity contribution in [3.8, 4) is 0 Å². The molecule has 2 nitrogen and oxygen atoms in total. The zero-order valence-corrected chi connectivity index (χ0v) is 11.3. The maximum absolute atomic E-state index is 12.4. The number of anilines is 1. The summed E-state index contributed by atoms with van der Waals surface area (Å²) in [6.45, 7) is 0.695. The minimum absolute atomic E-state index is 0.0582. The van der Waals surface area contributed by atoms with Gasteiger partial charge in [-0.3, -0.25) is 4.79 Å². The number of thiophene rings is 1. The molecule has 0 saturated heterocycles. The van der Waals surface area contributed by atoms with Crippen molar-refractivity contribution in [2.24, 2.45) is 0 Å². The highest BCUT2D eigenvalue weighted by Crippen LogP contribution is 2.35. The van der Waals surface area contributed by atoms with E-state index in [1.54, 1.807) is 11.3 Å². The first-order chi connectivity index (χ1) is 8.27. The standard InChI is InChI=1S/C13H10BrNOS/c14-11-7-17-6-10(11)13(16)9-5-15-12-4-2-1-3-8(9)12/h1-4,6-7,9,15H,5H2. The summed E-state index contributed by atoms with van der Waals surface area (Å²) in [6, 6.07) is 8.01. The molecule has 1 aliphatic heterocycles. The summed E-state index contributed by atoms with van der Waals surface area (Å²) >= 11 is 4.97. The van der Waals surface area contributed by atoms with Crippen molar-refractivity contribution in [3.63, 3.8) is 0 Å². The molecule has 2 heterocycles. The van der Waals surface area contributed by atoms with Crippen LogP contribution in [0, 0.1) is 0 Å². The van der Waals surface area contributed by atoms with Crippen LogP contribution in [-0.2, 0) is 0 Å². The van der Waals surface area contributed by atoms with Gasteiger partial charge in [0.05, 0.1) is 5.92 Å². The average Bonchev–Trinajstić information content (AvgIpc) is 2.94. The van der Waals surface area contributed by atoms with E-state index in [2.05, 4.69) is 21.2 Å². The maximum atomic E-state index is 12.4. The van der Waals surface area contributed by atoms with E-state index in [1.165, 1.54) is 0 Å². The van der Waals surface area contributed by atoms with Gasteiger partial charge in [-0.15, -0.1) is 0 Å². The Morgan fingerprint density at radius 1 is 1.35 bits per heavy atom. The van der Waals surface area contributed by atoms with Crippen molar-refractivity contribution in [3.05, 3.63) is 50.6 Å². The smallest absolute Gasteiger partial charge is 0.174 e. The highest BCUT2D eigenvalue weighted by Gasteiger charge is 2.29. The van der Waals surface area contributed by atoms with Crippen LogP contribution in [0.1, 0.15) is 21.8 Å². The highest BCUT2D eigenvalue weighted by molar-refractivity contribution is 9.10. The zero-order valence-electron chi connectivity index (χ0n) is 8.94. The van der Waals surface area contributed by atoms with Crippen molar-refractivity contribution < 1.29 is 4.79 Å². The quantitative estimate of drug-likeness (QED) is 0.853. The molecule has 1 atom stereocenters. The van der Waals surface area contributed by atoms with Gasteiger partial charge in [0, 0.05) is 33.0 Å². The second kappa shape index (κ2) is 4.27. The SMILES string of the molecule is O=C(c1cscc1Br)C1CNc2ccccc21. The Labute approximate surface area is 112 Å². The molecule has 1 aromatic carbocycles. The average molecular weight is 308 g/mol. The summed E-state index contributed by atoms with van der Waals surface area (Å²) in [5, 5.41) is 7.14. The zero-order chi connectivity index (χ0) is 11.8. The molecule has 86 valence electrons. The summed E-state index contributed by atoms with van der Waals surface area (Å²) < 4.78 is 0.900. The fourth-order valence-corrected chi connectivity index (χ4v) is 3.64. The number of benzene rings is 1. The monoisotopic (exact) mass is 307 g/mol. The second-order valence-electron chi connectivity index (χ2n) is 4.02. The Balaban J connectivity index is 1.98. The highest BCUT2D eigenvalue weighted by atomic mass is 79.9. The van der Waals surface area contributed by atoms with Crippen molar-refractivity contribution in [2.45, 2.75) is 5.92 Å². The van der Waals surface area contributed by atoms with Gasteiger partial charge < -0.3 is 5.32 Å². The lowest BCUT2D eigenvalue weighted by Gasteiger charge is -2.08. The minimum Gasteiger partial charge on any atom is -0.384 e. The molecule has 0 spiro atoms. The number of carbonyl (C=O) groups excluding carboxylic acids is 1. The van der Waals surface area contributed by atoms with E-state index in [0.29, 0.717) is 6.54 Å². The molecule has 0 fully saturated rings. The molecule has 0 saturated carbocycles. The van der Waals surface area contributed by atoms with Gasteiger partial charge in [-0.2, -0.15) is 11.3 Å². The summed E-state index contributed by atoms with van der Waals surface area (Å²) in [6.07, 6.45) is 0. The molecule has 1 unspecified atom stereocenters. The van der Waals surface area contributed by atoms with Gasteiger partial charge in [0.1, 0.15) is 0 Å². The van der Waals surface area contributed by atoms with E-state index in [9.17, 15) is 4.79 Å². The van der Waals surface area contributed by atoms with Crippen LogP contribution >= 0.6 is 27.3 Å². The Kier molecular flexibility index (Phi) is 2.76. The van der Waals surface area contributed by atoms with Crippen LogP contribution in [0.15, 0.2) is 39.5 Å². The molecule has 0 radical (unpaired) electrons. The van der Waals surface area contributed by atoms with Gasteiger partial charge in [-0.1, -0.05) is 18.2 Å². The van der Waals surface area contributed by atoms with Crippen LogP contribution in [0.5, 0.6) is 0 Å². The normalized spacial score (nSPS) is 17.6. The predicted octanol–water partition coefficient (Wildman–Crippen LogP) is 3.90. The van der Waals surface area contributed by atoms with E-state index in [-0.39, 0.29) is 11.7 Å². The number of fused-ring (bicyclic) bond motifs is 1. The summed E-state index contributed by atoms with van der Waals surface area (Å²) in [4.78, 5) is 12.4. The van der Waals surface area contributed by atoms with Gasteiger partial charge in [0.2, 0.25) is 0 Å². The lowest BCUT2D eigenvalue weighted by Crippen LogP contribution is -2.14. The van der Waals surface area contributed by atoms with Gasteiger partial charge in [-0.05, 0) is 27.6 Å². The van der Waals surface area contributed by atoms with E-state index >= 15 is 0 Å². The number of carbonyl (C=O) groups is 1. The molecule has 2 aromatic rings. The number of hydrogen-bond donors (Lipinski definition) is 1. The number of halogens is 1. The van der Waals surface area contributed by atoms with Gasteiger partial charge in [-0.25, -0.2) is 0 Å². The number of rotatable bonds is 2. The van der Waals surface area contributed by atoms with Crippen molar-refractivity contribution in [1.82, 2.24) is 0 Å². The summed E-state index contributed by atoms with van der Waals surface area (Å²) in [7, 11) is 0. The van der Waals surface area contributed by atoms with Gasteiger partial charge in [0.15, 0.2) is 5.78 Å². The van der Waals surface area contributed by atoms with Crippen LogP contribution in [0.3, 0.4) is 0 Å². The van der Waals surface area contributed by atoms with Gasteiger partial charge >= 0.3 is 0 Å². The lowest BCUT2D eigenvalue weighted by atomic mass is 9.94. The van der Waals surface area contributed by atoms with Crippen molar-refractivity contribution in [2.75, 3.05) is 11.9 Å². The molecule has 1 aromatic heterocycles. The summed E-state index contributed by atoms with van der Waals surface area (Å²) in [5.74, 6) is 0.132. The van der Waals surface area contributed by atoms with E-state index in [0.717, 1.165) is 21.3 Å². The molecular weight excluding hydrogens is 298 g/mol. The number of hydrogen-bond acceptors (Lipinski definition) is 3. The minimum atomic E-state index is -0.0582. The van der Waals surface area contributed by atoms with E-state index in [1.807, 2.05) is 35.0 Å². The molecule has 0 aliphatic carbocycles. The van der Waals surface area contributed by atoms with E-state index < -0.39 is 0 Å². The van der Waals surface area contributed by atoms with Crippen LogP contribution in [0.2, 0.25) is 0 Å². The fraction of sp³-hybridized carbons (Fsp3) is 0.154. The molecule has 1 N–H and O–H groups in total. The number of Topliss-reactive ketones (excluding diaryl/α,β-unsaturated/α-hetero) is 1. The Morgan fingerprint density at radius 2 is 2.18 bits per heavy atom.